The predicted molar refractivity (Wildman–Crippen MR) is 101 cm³/mol. The highest BCUT2D eigenvalue weighted by atomic mass is 35.5. The number of methoxy groups -OCH3 is 1. The first-order valence-electron chi connectivity index (χ1n) is 8.72. The number of piperidine rings is 1. The van der Waals surface area contributed by atoms with Gasteiger partial charge in [0.2, 0.25) is 11.7 Å². The summed E-state index contributed by atoms with van der Waals surface area (Å²) < 4.78 is 10.1. The van der Waals surface area contributed by atoms with Crippen LogP contribution in [0.1, 0.15) is 18.7 Å². The molecule has 2 aromatic rings. The zero-order chi connectivity index (χ0) is 19.2. The summed E-state index contributed by atoms with van der Waals surface area (Å²) in [5.41, 5.74) is 0.837. The summed E-state index contributed by atoms with van der Waals surface area (Å²) in [5.74, 6) is 1.54. The van der Waals surface area contributed by atoms with Crippen LogP contribution >= 0.6 is 11.6 Å². The molecule has 1 fully saturated rings. The molecule has 1 aromatic carbocycles. The second kappa shape index (κ2) is 8.85. The van der Waals surface area contributed by atoms with Gasteiger partial charge in [-0.15, -0.1) is 0 Å². The molecule has 9 heteroatoms. The first-order chi connectivity index (χ1) is 13.1. The number of esters is 1. The van der Waals surface area contributed by atoms with Gasteiger partial charge >= 0.3 is 5.97 Å². The molecule has 0 aliphatic carbocycles. The zero-order valence-corrected chi connectivity index (χ0v) is 16.1. The van der Waals surface area contributed by atoms with E-state index in [4.69, 9.17) is 20.9 Å². The summed E-state index contributed by atoms with van der Waals surface area (Å²) in [5, 5.41) is 7.88. The fraction of sp³-hybridized carbons (Fsp3) is 0.444. The first-order valence-corrected chi connectivity index (χ1v) is 9.10. The Morgan fingerprint density at radius 3 is 2.70 bits per heavy atom. The fourth-order valence-corrected chi connectivity index (χ4v) is 3.15. The molecule has 0 radical (unpaired) electrons. The number of likely N-dealkylation sites (tertiary alicyclic amines) is 1. The highest BCUT2D eigenvalue weighted by molar-refractivity contribution is 6.30. The molecule has 0 saturated carbocycles. The lowest BCUT2D eigenvalue weighted by Crippen LogP contribution is -2.46. The molecule has 1 saturated heterocycles. The van der Waals surface area contributed by atoms with E-state index in [1.54, 1.807) is 19.2 Å². The van der Waals surface area contributed by atoms with Crippen LogP contribution in [0, 0.1) is 5.92 Å². The number of ether oxygens (including phenoxy) is 1. The van der Waals surface area contributed by atoms with E-state index in [1.165, 1.54) is 7.11 Å². The summed E-state index contributed by atoms with van der Waals surface area (Å²) in [6, 6.07) is 7.25. The molecule has 0 unspecified atom stereocenters. The number of hydrogen-bond acceptors (Lipinski definition) is 6. The molecule has 27 heavy (non-hydrogen) atoms. The summed E-state index contributed by atoms with van der Waals surface area (Å²) in [7, 11) is 3.15. The molecule has 0 amide bonds. The van der Waals surface area contributed by atoms with Crippen LogP contribution in [-0.4, -0.2) is 54.2 Å². The molecule has 3 rings (SSSR count). The zero-order valence-electron chi connectivity index (χ0n) is 15.3. The second-order valence-electron chi connectivity index (χ2n) is 6.20. The van der Waals surface area contributed by atoms with Crippen molar-refractivity contribution in [3.05, 3.63) is 35.2 Å². The Hall–Kier alpha value is -2.61. The minimum absolute atomic E-state index is 0.0396. The van der Waals surface area contributed by atoms with Crippen molar-refractivity contribution in [3.63, 3.8) is 0 Å². The molecule has 144 valence electrons. The standard InChI is InChI=1S/C18H22ClN5O3/c1-20-18(24-9-7-13(8-10-24)17(25)26-2)21-11-15-22-16(23-27-15)12-3-5-14(19)6-4-12/h3-6,13H,7-11H2,1-2H3,(H,20,21). The Morgan fingerprint density at radius 2 is 2.07 bits per heavy atom. The van der Waals surface area contributed by atoms with E-state index in [-0.39, 0.29) is 11.9 Å². The van der Waals surface area contributed by atoms with Gasteiger partial charge in [0.05, 0.1) is 19.6 Å². The van der Waals surface area contributed by atoms with Crippen molar-refractivity contribution in [2.75, 3.05) is 27.2 Å². The number of nitrogens with one attached hydrogen (secondary N) is 1. The number of benzene rings is 1. The number of aliphatic imine (C=N–C) groups is 1. The van der Waals surface area contributed by atoms with Gasteiger partial charge in [0.15, 0.2) is 5.96 Å². The van der Waals surface area contributed by atoms with Crippen LogP contribution < -0.4 is 5.32 Å². The molecule has 1 aliphatic rings. The maximum Gasteiger partial charge on any atom is 0.308 e. The minimum Gasteiger partial charge on any atom is -0.469 e. The van der Waals surface area contributed by atoms with E-state index in [0.29, 0.717) is 23.3 Å². The number of nitrogens with zero attached hydrogens (tertiary/aromatic N) is 4. The van der Waals surface area contributed by atoms with Crippen molar-refractivity contribution < 1.29 is 14.1 Å². The summed E-state index contributed by atoms with van der Waals surface area (Å²) in [6.45, 7) is 1.84. The van der Waals surface area contributed by atoms with Gasteiger partial charge in [0.25, 0.3) is 0 Å². The molecule has 0 atom stereocenters. The topological polar surface area (TPSA) is 92.9 Å². The largest absolute Gasteiger partial charge is 0.469 e. The van der Waals surface area contributed by atoms with Crippen LogP contribution in [0.2, 0.25) is 5.02 Å². The predicted octanol–water partition coefficient (Wildman–Crippen LogP) is 2.35. The lowest BCUT2D eigenvalue weighted by Gasteiger charge is -2.32. The molecule has 0 bridgehead atoms. The maximum absolute atomic E-state index is 11.6. The highest BCUT2D eigenvalue weighted by Crippen LogP contribution is 2.20. The van der Waals surface area contributed by atoms with Crippen LogP contribution in [0.15, 0.2) is 33.8 Å². The van der Waals surface area contributed by atoms with Gasteiger partial charge in [-0.1, -0.05) is 16.8 Å². The average molecular weight is 392 g/mol. The quantitative estimate of drug-likeness (QED) is 0.485. The summed E-state index contributed by atoms with van der Waals surface area (Å²) in [4.78, 5) is 22.4. The molecule has 8 nitrogen and oxygen atoms in total. The van der Waals surface area contributed by atoms with Gasteiger partial charge in [-0.25, -0.2) is 0 Å². The van der Waals surface area contributed by atoms with Crippen molar-refractivity contribution >= 4 is 23.5 Å². The van der Waals surface area contributed by atoms with E-state index in [2.05, 4.69) is 25.3 Å². The molecular weight excluding hydrogens is 370 g/mol. The van der Waals surface area contributed by atoms with E-state index in [9.17, 15) is 4.79 Å². The number of carbonyl (C=O) groups excluding carboxylic acids is 1. The SMILES string of the molecule is CN=C(NCc1nc(-c2ccc(Cl)cc2)no1)N1CCC(C(=O)OC)CC1. The molecule has 1 N–H and O–H groups in total. The summed E-state index contributed by atoms with van der Waals surface area (Å²) >= 11 is 5.90. The smallest absolute Gasteiger partial charge is 0.308 e. The molecule has 1 aromatic heterocycles. The average Bonchev–Trinajstić information content (AvgIpc) is 3.18. The third-order valence-electron chi connectivity index (χ3n) is 4.51. The van der Waals surface area contributed by atoms with Crippen LogP contribution in [0.5, 0.6) is 0 Å². The fourth-order valence-electron chi connectivity index (χ4n) is 3.02. The number of guanidine groups is 1. The molecule has 0 spiro atoms. The molecule has 2 heterocycles. The van der Waals surface area contributed by atoms with Gasteiger partial charge in [-0.05, 0) is 37.1 Å². The van der Waals surface area contributed by atoms with Gasteiger partial charge in [-0.2, -0.15) is 4.98 Å². The molecular formula is C18H22ClN5O3. The van der Waals surface area contributed by atoms with E-state index in [0.717, 1.165) is 37.5 Å². The Labute approximate surface area is 162 Å². The Kier molecular flexibility index (Phi) is 6.28. The Bertz CT molecular complexity index is 798. The Morgan fingerprint density at radius 1 is 1.37 bits per heavy atom. The van der Waals surface area contributed by atoms with Crippen molar-refractivity contribution in [1.82, 2.24) is 20.4 Å². The highest BCUT2D eigenvalue weighted by Gasteiger charge is 2.27. The number of halogens is 1. The third kappa shape index (κ3) is 4.77. The van der Waals surface area contributed by atoms with Crippen molar-refractivity contribution in [3.8, 4) is 11.4 Å². The Balaban J connectivity index is 1.55. The van der Waals surface area contributed by atoms with Gasteiger partial charge < -0.3 is 19.5 Å². The van der Waals surface area contributed by atoms with Gasteiger partial charge in [-0.3, -0.25) is 9.79 Å². The van der Waals surface area contributed by atoms with E-state index in [1.807, 2.05) is 12.1 Å². The molecule has 1 aliphatic heterocycles. The first kappa shape index (κ1) is 19.2. The maximum atomic E-state index is 11.6. The number of rotatable bonds is 4. The monoisotopic (exact) mass is 391 g/mol. The lowest BCUT2D eigenvalue weighted by molar-refractivity contribution is -0.146. The van der Waals surface area contributed by atoms with E-state index >= 15 is 0 Å². The lowest BCUT2D eigenvalue weighted by atomic mass is 9.97. The summed E-state index contributed by atoms with van der Waals surface area (Å²) in [6.07, 6.45) is 1.49. The van der Waals surface area contributed by atoms with Crippen molar-refractivity contribution in [1.29, 1.82) is 0 Å². The normalized spacial score (nSPS) is 15.7. The van der Waals surface area contributed by atoms with Crippen molar-refractivity contribution in [2.24, 2.45) is 10.9 Å². The number of hydrogen-bond donors (Lipinski definition) is 1. The van der Waals surface area contributed by atoms with Crippen molar-refractivity contribution in [2.45, 2.75) is 19.4 Å². The van der Waals surface area contributed by atoms with Gasteiger partial charge in [0, 0.05) is 30.7 Å². The second-order valence-corrected chi connectivity index (χ2v) is 6.64. The third-order valence-corrected chi connectivity index (χ3v) is 4.76. The van der Waals surface area contributed by atoms with Crippen LogP contribution in [0.4, 0.5) is 0 Å². The van der Waals surface area contributed by atoms with Crippen LogP contribution in [0.25, 0.3) is 11.4 Å². The van der Waals surface area contributed by atoms with Gasteiger partial charge in [0.1, 0.15) is 0 Å². The van der Waals surface area contributed by atoms with Crippen LogP contribution in [0.3, 0.4) is 0 Å². The minimum atomic E-state index is -0.141. The van der Waals surface area contributed by atoms with E-state index < -0.39 is 0 Å². The number of carbonyl (C=O) groups is 1. The number of aromatic nitrogens is 2. The van der Waals surface area contributed by atoms with Crippen LogP contribution in [-0.2, 0) is 16.1 Å².